The molecule has 1 amide bonds. The number of carbonyl (C=O) groups excluding carboxylic acids is 1. The second-order valence-corrected chi connectivity index (χ2v) is 6.49. The lowest BCUT2D eigenvalue weighted by atomic mass is 10.0. The summed E-state index contributed by atoms with van der Waals surface area (Å²) in [5.41, 5.74) is 6.03. The fourth-order valence-corrected chi connectivity index (χ4v) is 3.18. The van der Waals surface area contributed by atoms with Crippen molar-refractivity contribution < 1.29 is 4.79 Å². The zero-order valence-electron chi connectivity index (χ0n) is 14.8. The summed E-state index contributed by atoms with van der Waals surface area (Å²) >= 11 is 0. The van der Waals surface area contributed by atoms with Crippen LogP contribution in [-0.4, -0.2) is 17.1 Å². The van der Waals surface area contributed by atoms with E-state index in [-0.39, 0.29) is 11.8 Å². The van der Waals surface area contributed by atoms with Crippen LogP contribution in [0.5, 0.6) is 0 Å². The van der Waals surface area contributed by atoms with Crippen molar-refractivity contribution in [3.05, 3.63) is 95.8 Å². The molecule has 4 heteroatoms. The Kier molecular flexibility index (Phi) is 4.62. The number of pyridine rings is 1. The molecule has 4 rings (SSSR count). The topological polar surface area (TPSA) is 54.4 Å². The third kappa shape index (κ3) is 3.70. The van der Waals surface area contributed by atoms with Crippen molar-refractivity contribution in [2.75, 3.05) is 5.32 Å². The highest BCUT2D eigenvalue weighted by atomic mass is 16.2. The van der Waals surface area contributed by atoms with Gasteiger partial charge in [0.1, 0.15) is 5.92 Å². The second-order valence-electron chi connectivity index (χ2n) is 6.49. The van der Waals surface area contributed by atoms with E-state index in [1.165, 1.54) is 11.1 Å². The van der Waals surface area contributed by atoms with Crippen LogP contribution >= 0.6 is 0 Å². The van der Waals surface area contributed by atoms with Crippen molar-refractivity contribution in [3.63, 3.8) is 0 Å². The molecule has 4 nitrogen and oxygen atoms in total. The number of nitrogens with one attached hydrogen (secondary N) is 1. The molecule has 1 unspecified atom stereocenters. The van der Waals surface area contributed by atoms with E-state index in [1.54, 1.807) is 24.7 Å². The number of hydrogen-bond acceptors (Lipinski definition) is 3. The summed E-state index contributed by atoms with van der Waals surface area (Å²) in [6.45, 7) is 3.76. The number of rotatable bonds is 5. The number of hydrogen-bond donors (Lipinski definition) is 1. The third-order valence-corrected chi connectivity index (χ3v) is 4.66. The van der Waals surface area contributed by atoms with Crippen molar-refractivity contribution in [1.82, 2.24) is 4.98 Å². The zero-order valence-corrected chi connectivity index (χ0v) is 14.8. The average molecular weight is 353 g/mol. The number of benzene rings is 2. The van der Waals surface area contributed by atoms with E-state index in [0.717, 1.165) is 28.9 Å². The van der Waals surface area contributed by atoms with E-state index in [0.29, 0.717) is 0 Å². The quantitative estimate of drug-likeness (QED) is 0.673. The highest BCUT2D eigenvalue weighted by molar-refractivity contribution is 6.12. The van der Waals surface area contributed by atoms with E-state index in [2.05, 4.69) is 34.0 Å². The Morgan fingerprint density at radius 3 is 2.52 bits per heavy atom. The van der Waals surface area contributed by atoms with E-state index in [9.17, 15) is 4.79 Å². The van der Waals surface area contributed by atoms with Gasteiger partial charge in [-0.2, -0.15) is 0 Å². The fourth-order valence-electron chi connectivity index (χ4n) is 3.18. The van der Waals surface area contributed by atoms with E-state index >= 15 is 0 Å². The van der Waals surface area contributed by atoms with Gasteiger partial charge >= 0.3 is 0 Å². The van der Waals surface area contributed by atoms with Crippen LogP contribution in [0.2, 0.25) is 0 Å². The van der Waals surface area contributed by atoms with E-state index < -0.39 is 0 Å². The Bertz CT molecular complexity index is 1010. The van der Waals surface area contributed by atoms with Gasteiger partial charge in [0, 0.05) is 24.3 Å². The lowest BCUT2D eigenvalue weighted by Crippen LogP contribution is -2.12. The van der Waals surface area contributed by atoms with E-state index in [1.807, 2.05) is 42.5 Å². The highest BCUT2D eigenvalue weighted by Crippen LogP contribution is 2.33. The maximum Gasteiger partial charge on any atom is 0.237 e. The zero-order chi connectivity index (χ0) is 18.6. The number of aliphatic imine (C=N–C) groups is 1. The van der Waals surface area contributed by atoms with Crippen LogP contribution in [-0.2, 0) is 11.2 Å². The predicted octanol–water partition coefficient (Wildman–Crippen LogP) is 4.75. The molecule has 0 saturated heterocycles. The number of aromatic nitrogens is 1. The van der Waals surface area contributed by atoms with Crippen molar-refractivity contribution in [1.29, 1.82) is 0 Å². The SMILES string of the molecule is C=Cc1ccc2c(c1)NC(=O)C2C=Nc1ccc(Cc2ccncc2)cc1. The number of carbonyl (C=O) groups is 1. The summed E-state index contributed by atoms with van der Waals surface area (Å²) in [5.74, 6) is -0.417. The van der Waals surface area contributed by atoms with Gasteiger partial charge in [-0.3, -0.25) is 14.8 Å². The standard InChI is InChI=1S/C23H19N3O/c1-2-16-5-8-20-21(23(27)26-22(20)14-16)15-25-19-6-3-17(4-7-19)13-18-9-11-24-12-10-18/h2-12,14-15,21H,1,13H2,(H,26,27). The Morgan fingerprint density at radius 1 is 1.04 bits per heavy atom. The van der Waals surface area contributed by atoms with Crippen LogP contribution in [0.4, 0.5) is 11.4 Å². The molecule has 132 valence electrons. The molecular weight excluding hydrogens is 334 g/mol. The van der Waals surface area contributed by atoms with Crippen molar-refractivity contribution in [3.8, 4) is 0 Å². The Morgan fingerprint density at radius 2 is 1.78 bits per heavy atom. The molecule has 0 radical (unpaired) electrons. The maximum atomic E-state index is 12.3. The van der Waals surface area contributed by atoms with Gasteiger partial charge in [-0.05, 0) is 59.0 Å². The summed E-state index contributed by atoms with van der Waals surface area (Å²) < 4.78 is 0. The molecule has 27 heavy (non-hydrogen) atoms. The first kappa shape index (κ1) is 16.9. The van der Waals surface area contributed by atoms with Crippen LogP contribution in [0.25, 0.3) is 6.08 Å². The summed E-state index contributed by atoms with van der Waals surface area (Å²) in [4.78, 5) is 20.8. The van der Waals surface area contributed by atoms with Gasteiger partial charge in [-0.15, -0.1) is 0 Å². The molecule has 0 aliphatic carbocycles. The summed E-state index contributed by atoms with van der Waals surface area (Å²) in [5, 5.41) is 2.91. The van der Waals surface area contributed by atoms with Crippen molar-refractivity contribution in [2.45, 2.75) is 12.3 Å². The number of nitrogens with zero attached hydrogens (tertiary/aromatic N) is 2. The Hall–Kier alpha value is -3.53. The highest BCUT2D eigenvalue weighted by Gasteiger charge is 2.28. The predicted molar refractivity (Wildman–Crippen MR) is 110 cm³/mol. The van der Waals surface area contributed by atoms with Crippen LogP contribution in [0.3, 0.4) is 0 Å². The fraction of sp³-hybridized carbons (Fsp3) is 0.0870. The van der Waals surface area contributed by atoms with Gasteiger partial charge in [-0.25, -0.2) is 0 Å². The molecule has 1 aliphatic heterocycles. The smallest absolute Gasteiger partial charge is 0.237 e. The lowest BCUT2D eigenvalue weighted by Gasteiger charge is -2.04. The minimum Gasteiger partial charge on any atom is -0.325 e. The summed E-state index contributed by atoms with van der Waals surface area (Å²) in [6, 6.07) is 17.9. The first-order valence-corrected chi connectivity index (χ1v) is 8.82. The number of anilines is 1. The third-order valence-electron chi connectivity index (χ3n) is 4.66. The molecule has 2 heterocycles. The summed E-state index contributed by atoms with van der Waals surface area (Å²) in [7, 11) is 0. The molecule has 0 bridgehead atoms. The molecule has 0 saturated carbocycles. The number of fused-ring (bicyclic) bond motifs is 1. The normalized spacial score (nSPS) is 15.6. The Balaban J connectivity index is 1.49. The molecule has 1 atom stereocenters. The van der Waals surface area contributed by atoms with Gasteiger partial charge in [0.15, 0.2) is 0 Å². The minimum absolute atomic E-state index is 0.0516. The molecule has 1 aromatic heterocycles. The van der Waals surface area contributed by atoms with E-state index in [4.69, 9.17) is 0 Å². The van der Waals surface area contributed by atoms with Crippen LogP contribution in [0, 0.1) is 0 Å². The van der Waals surface area contributed by atoms with Crippen LogP contribution < -0.4 is 5.32 Å². The lowest BCUT2D eigenvalue weighted by molar-refractivity contribution is -0.115. The Labute approximate surface area is 158 Å². The van der Waals surface area contributed by atoms with Gasteiger partial charge in [0.25, 0.3) is 0 Å². The van der Waals surface area contributed by atoms with Gasteiger partial charge in [-0.1, -0.05) is 36.9 Å². The van der Waals surface area contributed by atoms with Gasteiger partial charge < -0.3 is 5.32 Å². The van der Waals surface area contributed by atoms with Crippen LogP contribution in [0.15, 0.2) is 78.6 Å². The monoisotopic (exact) mass is 353 g/mol. The average Bonchev–Trinajstić information content (AvgIpc) is 3.02. The number of amides is 1. The molecule has 1 aliphatic rings. The van der Waals surface area contributed by atoms with Crippen molar-refractivity contribution >= 4 is 29.6 Å². The first-order valence-electron chi connectivity index (χ1n) is 8.82. The summed E-state index contributed by atoms with van der Waals surface area (Å²) in [6.07, 6.45) is 7.94. The molecule has 0 spiro atoms. The maximum absolute atomic E-state index is 12.3. The molecular formula is C23H19N3O. The molecule has 2 aromatic carbocycles. The van der Waals surface area contributed by atoms with Gasteiger partial charge in [0.05, 0.1) is 5.69 Å². The minimum atomic E-state index is -0.365. The molecule has 1 N–H and O–H groups in total. The second kappa shape index (κ2) is 7.38. The first-order chi connectivity index (χ1) is 13.2. The van der Waals surface area contributed by atoms with Crippen LogP contribution in [0.1, 0.15) is 28.2 Å². The van der Waals surface area contributed by atoms with Gasteiger partial charge in [0.2, 0.25) is 5.91 Å². The molecule has 3 aromatic rings. The van der Waals surface area contributed by atoms with Crippen molar-refractivity contribution in [2.24, 2.45) is 4.99 Å². The molecule has 0 fully saturated rings. The largest absolute Gasteiger partial charge is 0.325 e.